The summed E-state index contributed by atoms with van der Waals surface area (Å²) in [7, 11) is 0. The highest BCUT2D eigenvalue weighted by atomic mass is 35.5. The molecule has 6 nitrogen and oxygen atoms in total. The molecule has 1 N–H and O–H groups in total. The third-order valence-electron chi connectivity index (χ3n) is 4.22. The van der Waals surface area contributed by atoms with Crippen molar-refractivity contribution in [3.05, 3.63) is 53.1 Å². The molecule has 2 aromatic rings. The van der Waals surface area contributed by atoms with Crippen molar-refractivity contribution in [2.24, 2.45) is 0 Å². The van der Waals surface area contributed by atoms with E-state index in [0.29, 0.717) is 41.9 Å². The van der Waals surface area contributed by atoms with Crippen LogP contribution in [-0.4, -0.2) is 37.4 Å². The van der Waals surface area contributed by atoms with E-state index in [1.807, 2.05) is 24.3 Å². The van der Waals surface area contributed by atoms with E-state index in [1.54, 1.807) is 23.1 Å². The standard InChI is InChI=1S/C18H17ClN2O4/c19-13-3-1-12(2-4-13)17-10-21(7-8-23-17)18(22)20-14-5-6-15-16(9-14)25-11-24-15/h1-6,9,17H,7-8,10-11H2,(H,20,22)/t17-/m0/s1. The number of nitrogens with one attached hydrogen (secondary N) is 1. The molecule has 2 aliphatic rings. The first-order chi connectivity index (χ1) is 12.2. The van der Waals surface area contributed by atoms with Crippen molar-refractivity contribution in [3.63, 3.8) is 0 Å². The number of morpholine rings is 1. The molecule has 2 aromatic carbocycles. The summed E-state index contributed by atoms with van der Waals surface area (Å²) >= 11 is 5.93. The Morgan fingerprint density at radius 2 is 1.92 bits per heavy atom. The number of amides is 2. The highest BCUT2D eigenvalue weighted by molar-refractivity contribution is 6.30. The van der Waals surface area contributed by atoms with Crippen molar-refractivity contribution >= 4 is 23.3 Å². The second-order valence-corrected chi connectivity index (χ2v) is 6.29. The van der Waals surface area contributed by atoms with Crippen molar-refractivity contribution in [1.29, 1.82) is 0 Å². The van der Waals surface area contributed by atoms with Gasteiger partial charge >= 0.3 is 6.03 Å². The predicted octanol–water partition coefficient (Wildman–Crippen LogP) is 3.67. The molecule has 2 heterocycles. The first kappa shape index (κ1) is 16.1. The van der Waals surface area contributed by atoms with Gasteiger partial charge in [-0.1, -0.05) is 23.7 Å². The van der Waals surface area contributed by atoms with E-state index in [0.717, 1.165) is 5.56 Å². The van der Waals surface area contributed by atoms with Crippen molar-refractivity contribution in [2.45, 2.75) is 6.10 Å². The van der Waals surface area contributed by atoms with Gasteiger partial charge in [0.25, 0.3) is 0 Å². The highest BCUT2D eigenvalue weighted by Crippen LogP contribution is 2.34. The molecule has 1 atom stereocenters. The van der Waals surface area contributed by atoms with E-state index in [2.05, 4.69) is 5.32 Å². The summed E-state index contributed by atoms with van der Waals surface area (Å²) in [6, 6.07) is 12.7. The van der Waals surface area contributed by atoms with Gasteiger partial charge in [-0.3, -0.25) is 0 Å². The van der Waals surface area contributed by atoms with Crippen molar-refractivity contribution in [2.75, 3.05) is 31.8 Å². The Morgan fingerprint density at radius 3 is 2.76 bits per heavy atom. The molecule has 25 heavy (non-hydrogen) atoms. The molecular formula is C18H17ClN2O4. The first-order valence-corrected chi connectivity index (χ1v) is 8.39. The van der Waals surface area contributed by atoms with Gasteiger partial charge in [-0.25, -0.2) is 4.79 Å². The third-order valence-corrected chi connectivity index (χ3v) is 4.47. The lowest BCUT2D eigenvalue weighted by Gasteiger charge is -2.33. The number of anilines is 1. The fourth-order valence-electron chi connectivity index (χ4n) is 2.89. The minimum absolute atomic E-state index is 0.159. The van der Waals surface area contributed by atoms with Crippen molar-refractivity contribution in [3.8, 4) is 11.5 Å². The Kier molecular flexibility index (Phi) is 4.38. The van der Waals surface area contributed by atoms with E-state index in [4.69, 9.17) is 25.8 Å². The Labute approximate surface area is 150 Å². The van der Waals surface area contributed by atoms with Crippen molar-refractivity contribution < 1.29 is 19.0 Å². The molecule has 0 aliphatic carbocycles. The molecule has 0 radical (unpaired) electrons. The zero-order valence-electron chi connectivity index (χ0n) is 13.4. The van der Waals surface area contributed by atoms with Crippen LogP contribution in [0.3, 0.4) is 0 Å². The largest absolute Gasteiger partial charge is 0.454 e. The molecule has 0 aromatic heterocycles. The van der Waals surface area contributed by atoms with Gasteiger partial charge in [-0.2, -0.15) is 0 Å². The molecule has 0 saturated carbocycles. The molecule has 2 amide bonds. The fourth-order valence-corrected chi connectivity index (χ4v) is 3.02. The minimum Gasteiger partial charge on any atom is -0.454 e. The Hall–Kier alpha value is -2.44. The van der Waals surface area contributed by atoms with Crippen LogP contribution in [-0.2, 0) is 4.74 Å². The Balaban J connectivity index is 1.42. The summed E-state index contributed by atoms with van der Waals surface area (Å²) in [5.74, 6) is 1.32. The summed E-state index contributed by atoms with van der Waals surface area (Å²) < 4.78 is 16.4. The molecule has 7 heteroatoms. The second kappa shape index (κ2) is 6.82. The van der Waals surface area contributed by atoms with Crippen LogP contribution >= 0.6 is 11.6 Å². The third kappa shape index (κ3) is 3.50. The number of halogens is 1. The topological polar surface area (TPSA) is 60.0 Å². The van der Waals surface area contributed by atoms with Crippen LogP contribution in [0.2, 0.25) is 5.02 Å². The minimum atomic E-state index is -0.166. The van der Waals surface area contributed by atoms with Gasteiger partial charge in [0.15, 0.2) is 11.5 Å². The zero-order chi connectivity index (χ0) is 17.2. The molecule has 130 valence electrons. The van der Waals surface area contributed by atoms with Crippen LogP contribution in [0.4, 0.5) is 10.5 Å². The average Bonchev–Trinajstić information content (AvgIpc) is 3.10. The molecule has 1 fully saturated rings. The van der Waals surface area contributed by atoms with Crippen LogP contribution in [0.5, 0.6) is 11.5 Å². The van der Waals surface area contributed by atoms with E-state index in [1.165, 1.54) is 0 Å². The SMILES string of the molecule is O=C(Nc1ccc2c(c1)OCO2)N1CCO[C@H](c2ccc(Cl)cc2)C1. The van der Waals surface area contributed by atoms with Gasteiger partial charge in [0.1, 0.15) is 6.10 Å². The van der Waals surface area contributed by atoms with Crippen molar-refractivity contribution in [1.82, 2.24) is 4.90 Å². The van der Waals surface area contributed by atoms with Gasteiger partial charge in [0.2, 0.25) is 6.79 Å². The van der Waals surface area contributed by atoms with Gasteiger partial charge in [0, 0.05) is 23.3 Å². The van der Waals surface area contributed by atoms with E-state index in [9.17, 15) is 4.79 Å². The number of hydrogen-bond acceptors (Lipinski definition) is 4. The molecule has 4 rings (SSSR count). The predicted molar refractivity (Wildman–Crippen MR) is 93.3 cm³/mol. The molecule has 0 spiro atoms. The number of carbonyl (C=O) groups excluding carboxylic acids is 1. The molecule has 0 unspecified atom stereocenters. The number of benzene rings is 2. The number of rotatable bonds is 2. The average molecular weight is 361 g/mol. The molecule has 1 saturated heterocycles. The van der Waals surface area contributed by atoms with Crippen LogP contribution in [0.1, 0.15) is 11.7 Å². The smallest absolute Gasteiger partial charge is 0.322 e. The summed E-state index contributed by atoms with van der Waals surface area (Å²) in [5, 5.41) is 3.57. The van der Waals surface area contributed by atoms with Gasteiger partial charge in [0.05, 0.1) is 13.2 Å². The van der Waals surface area contributed by atoms with Crippen LogP contribution in [0, 0.1) is 0 Å². The number of urea groups is 1. The van der Waals surface area contributed by atoms with E-state index < -0.39 is 0 Å². The van der Waals surface area contributed by atoms with Gasteiger partial charge in [-0.05, 0) is 29.8 Å². The lowest BCUT2D eigenvalue weighted by Crippen LogP contribution is -2.44. The number of ether oxygens (including phenoxy) is 3. The van der Waals surface area contributed by atoms with Crippen LogP contribution < -0.4 is 14.8 Å². The lowest BCUT2D eigenvalue weighted by molar-refractivity contribution is -0.0135. The maximum atomic E-state index is 12.6. The molecular weight excluding hydrogens is 344 g/mol. The number of hydrogen-bond donors (Lipinski definition) is 1. The number of carbonyl (C=O) groups is 1. The van der Waals surface area contributed by atoms with Crippen LogP contribution in [0.15, 0.2) is 42.5 Å². The highest BCUT2D eigenvalue weighted by Gasteiger charge is 2.26. The number of fused-ring (bicyclic) bond motifs is 1. The van der Waals surface area contributed by atoms with Crippen LogP contribution in [0.25, 0.3) is 0 Å². The maximum Gasteiger partial charge on any atom is 0.322 e. The summed E-state index contributed by atoms with van der Waals surface area (Å²) in [5.41, 5.74) is 1.67. The second-order valence-electron chi connectivity index (χ2n) is 5.86. The zero-order valence-corrected chi connectivity index (χ0v) is 14.2. The Bertz CT molecular complexity index is 781. The first-order valence-electron chi connectivity index (χ1n) is 8.02. The fraction of sp³-hybridized carbons (Fsp3) is 0.278. The molecule has 2 aliphatic heterocycles. The Morgan fingerprint density at radius 1 is 1.12 bits per heavy atom. The summed E-state index contributed by atoms with van der Waals surface area (Å²) in [6.07, 6.45) is -0.159. The van der Waals surface area contributed by atoms with Gasteiger partial charge in [-0.15, -0.1) is 0 Å². The van der Waals surface area contributed by atoms with E-state index in [-0.39, 0.29) is 18.9 Å². The summed E-state index contributed by atoms with van der Waals surface area (Å²) in [4.78, 5) is 14.3. The van der Waals surface area contributed by atoms with E-state index >= 15 is 0 Å². The summed E-state index contributed by atoms with van der Waals surface area (Å²) in [6.45, 7) is 1.72. The quantitative estimate of drug-likeness (QED) is 0.887. The normalized spacial score (nSPS) is 18.9. The monoisotopic (exact) mass is 360 g/mol. The lowest BCUT2D eigenvalue weighted by atomic mass is 10.1. The number of nitrogens with zero attached hydrogens (tertiary/aromatic N) is 1. The van der Waals surface area contributed by atoms with Gasteiger partial charge < -0.3 is 24.4 Å². The molecule has 0 bridgehead atoms. The maximum absolute atomic E-state index is 12.6.